The quantitative estimate of drug-likeness (QED) is 0.468. The highest BCUT2D eigenvalue weighted by atomic mass is 32.1. The third-order valence-corrected chi connectivity index (χ3v) is 7.90. The summed E-state index contributed by atoms with van der Waals surface area (Å²) >= 11 is 1.41. The minimum atomic E-state index is -2.47. The second kappa shape index (κ2) is 11.5. The summed E-state index contributed by atoms with van der Waals surface area (Å²) in [6.07, 6.45) is 7.30. The van der Waals surface area contributed by atoms with Crippen molar-refractivity contribution in [3.8, 4) is 5.19 Å². The van der Waals surface area contributed by atoms with Gasteiger partial charge in [0.05, 0.1) is 5.69 Å². The number of rotatable bonds is 10. The third-order valence-electron chi connectivity index (χ3n) is 6.83. The highest BCUT2D eigenvalue weighted by molar-refractivity contribution is 7.13. The Balaban J connectivity index is 1.14. The molecule has 5 nitrogen and oxygen atoms in total. The smallest absolute Gasteiger partial charge is 0.273 e. The molecule has 0 spiro atoms. The maximum atomic E-state index is 12.5. The number of ether oxygens (including phenoxy) is 1. The van der Waals surface area contributed by atoms with E-state index in [9.17, 15) is 13.6 Å². The standard InChI is InChI=1S/C25H33F2N3O2S/c1-17-2-3-20(14-28-17)13-21(31)12-19-6-4-18(5-7-19)8-10-30-11-9-23-22(15-30)29-25(33-23)32-16-24(26)27/h2-3,14,18-19,24H,4-13,15-16H2,1H3. The Morgan fingerprint density at radius 2 is 2.03 bits per heavy atom. The lowest BCUT2D eigenvalue weighted by atomic mass is 9.78. The second-order valence-electron chi connectivity index (χ2n) is 9.48. The number of thiazole rings is 1. The average molecular weight is 478 g/mol. The van der Waals surface area contributed by atoms with Crippen molar-refractivity contribution < 1.29 is 18.3 Å². The van der Waals surface area contributed by atoms with Gasteiger partial charge < -0.3 is 4.74 Å². The van der Waals surface area contributed by atoms with E-state index in [-0.39, 0.29) is 0 Å². The van der Waals surface area contributed by atoms with E-state index in [1.165, 1.54) is 35.5 Å². The minimum absolute atomic E-state index is 0.327. The SMILES string of the molecule is Cc1ccc(CC(=O)CC2CCC(CCN3CCc4sc(OCC(F)F)nc4C3)CC2)cn1. The summed E-state index contributed by atoms with van der Waals surface area (Å²) in [5, 5.41) is 0.369. The first kappa shape index (κ1) is 24.2. The van der Waals surface area contributed by atoms with Gasteiger partial charge in [0.1, 0.15) is 5.78 Å². The summed E-state index contributed by atoms with van der Waals surface area (Å²) in [5.74, 6) is 1.57. The van der Waals surface area contributed by atoms with Gasteiger partial charge in [-0.2, -0.15) is 0 Å². The summed E-state index contributed by atoms with van der Waals surface area (Å²) in [6.45, 7) is 4.17. The van der Waals surface area contributed by atoms with Gasteiger partial charge in [-0.1, -0.05) is 30.2 Å². The lowest BCUT2D eigenvalue weighted by Gasteiger charge is -2.31. The molecule has 0 unspecified atom stereocenters. The first-order valence-electron chi connectivity index (χ1n) is 12.0. The molecule has 0 bridgehead atoms. The van der Waals surface area contributed by atoms with E-state index in [1.807, 2.05) is 25.3 Å². The number of hydrogen-bond donors (Lipinski definition) is 0. The molecule has 33 heavy (non-hydrogen) atoms. The van der Waals surface area contributed by atoms with Crippen LogP contribution in [-0.4, -0.2) is 46.8 Å². The molecular weight excluding hydrogens is 444 g/mol. The van der Waals surface area contributed by atoms with Crippen LogP contribution in [0.15, 0.2) is 18.3 Å². The maximum Gasteiger partial charge on any atom is 0.273 e. The second-order valence-corrected chi connectivity index (χ2v) is 10.5. The van der Waals surface area contributed by atoms with Gasteiger partial charge in [0.15, 0.2) is 6.61 Å². The van der Waals surface area contributed by atoms with Crippen molar-refractivity contribution in [3.05, 3.63) is 40.2 Å². The van der Waals surface area contributed by atoms with Crippen molar-refractivity contribution in [1.29, 1.82) is 0 Å². The number of Topliss-reactive ketones (excluding diaryl/α,β-unsaturated/α-hetero) is 1. The van der Waals surface area contributed by atoms with Crippen LogP contribution in [0, 0.1) is 18.8 Å². The number of halogens is 2. The number of carbonyl (C=O) groups excluding carboxylic acids is 1. The first-order valence-corrected chi connectivity index (χ1v) is 12.8. The predicted octanol–water partition coefficient (Wildman–Crippen LogP) is 5.25. The molecule has 180 valence electrons. The Labute approximate surface area is 198 Å². The number of nitrogens with zero attached hydrogens (tertiary/aromatic N) is 3. The van der Waals surface area contributed by atoms with Crippen LogP contribution in [-0.2, 0) is 24.2 Å². The number of alkyl halides is 2. The van der Waals surface area contributed by atoms with Gasteiger partial charge in [-0.25, -0.2) is 13.8 Å². The van der Waals surface area contributed by atoms with E-state index in [1.54, 1.807) is 0 Å². The van der Waals surface area contributed by atoms with Crippen LogP contribution in [0.4, 0.5) is 8.78 Å². The number of aryl methyl sites for hydroxylation is 1. The van der Waals surface area contributed by atoms with E-state index in [0.29, 0.717) is 29.7 Å². The van der Waals surface area contributed by atoms with E-state index < -0.39 is 13.0 Å². The molecule has 0 saturated heterocycles. The first-order chi connectivity index (χ1) is 15.9. The molecule has 1 saturated carbocycles. The lowest BCUT2D eigenvalue weighted by molar-refractivity contribution is -0.119. The summed E-state index contributed by atoms with van der Waals surface area (Å²) < 4.78 is 29.8. The topological polar surface area (TPSA) is 55.3 Å². The summed E-state index contributed by atoms with van der Waals surface area (Å²) in [7, 11) is 0. The predicted molar refractivity (Wildman–Crippen MR) is 125 cm³/mol. The van der Waals surface area contributed by atoms with Crippen LogP contribution < -0.4 is 4.74 Å². The van der Waals surface area contributed by atoms with Gasteiger partial charge in [0, 0.05) is 42.7 Å². The van der Waals surface area contributed by atoms with Crippen LogP contribution in [0.1, 0.15) is 60.4 Å². The third kappa shape index (κ3) is 7.27. The summed E-state index contributed by atoms with van der Waals surface area (Å²) in [4.78, 5) is 24.8. The molecular formula is C25H33F2N3O2S. The molecule has 2 aromatic rings. The number of pyridine rings is 1. The molecule has 0 aromatic carbocycles. The van der Waals surface area contributed by atoms with Crippen molar-refractivity contribution >= 4 is 17.1 Å². The maximum absolute atomic E-state index is 12.5. The van der Waals surface area contributed by atoms with Crippen molar-refractivity contribution in [1.82, 2.24) is 14.9 Å². The number of ketones is 1. The zero-order valence-corrected chi connectivity index (χ0v) is 20.1. The normalized spacial score (nSPS) is 21.2. The van der Waals surface area contributed by atoms with E-state index >= 15 is 0 Å². The van der Waals surface area contributed by atoms with Crippen LogP contribution in [0.25, 0.3) is 0 Å². The highest BCUT2D eigenvalue weighted by Crippen LogP contribution is 2.34. The van der Waals surface area contributed by atoms with Crippen LogP contribution in [0.2, 0.25) is 0 Å². The zero-order chi connectivity index (χ0) is 23.2. The van der Waals surface area contributed by atoms with Gasteiger partial charge in [-0.3, -0.25) is 14.7 Å². The Morgan fingerprint density at radius 3 is 2.76 bits per heavy atom. The van der Waals surface area contributed by atoms with Crippen molar-refractivity contribution in [2.75, 3.05) is 19.7 Å². The lowest BCUT2D eigenvalue weighted by Crippen LogP contribution is -2.32. The molecule has 3 heterocycles. The molecule has 1 aliphatic heterocycles. The molecule has 0 amide bonds. The summed E-state index contributed by atoms with van der Waals surface area (Å²) in [6, 6.07) is 3.97. The average Bonchev–Trinajstić information content (AvgIpc) is 3.21. The Morgan fingerprint density at radius 1 is 1.24 bits per heavy atom. The molecule has 4 rings (SSSR count). The van der Waals surface area contributed by atoms with Gasteiger partial charge >= 0.3 is 0 Å². The molecule has 2 aliphatic rings. The van der Waals surface area contributed by atoms with Crippen LogP contribution in [0.3, 0.4) is 0 Å². The number of carbonyl (C=O) groups is 1. The molecule has 1 fully saturated rings. The fourth-order valence-corrected chi connectivity index (χ4v) is 5.85. The van der Waals surface area contributed by atoms with Gasteiger partial charge in [0.25, 0.3) is 11.6 Å². The van der Waals surface area contributed by atoms with E-state index in [4.69, 9.17) is 4.74 Å². The minimum Gasteiger partial charge on any atom is -0.464 e. The molecule has 1 aliphatic carbocycles. The zero-order valence-electron chi connectivity index (χ0n) is 19.3. The van der Waals surface area contributed by atoms with Crippen molar-refractivity contribution in [2.24, 2.45) is 11.8 Å². The fourth-order valence-electron chi connectivity index (χ4n) is 4.93. The van der Waals surface area contributed by atoms with Gasteiger partial charge in [-0.15, -0.1) is 0 Å². The molecule has 2 aromatic heterocycles. The monoisotopic (exact) mass is 477 g/mol. The van der Waals surface area contributed by atoms with E-state index in [2.05, 4.69) is 14.9 Å². The van der Waals surface area contributed by atoms with Crippen LogP contribution >= 0.6 is 11.3 Å². The Kier molecular flexibility index (Phi) is 8.41. The van der Waals surface area contributed by atoms with E-state index in [0.717, 1.165) is 61.8 Å². The molecule has 0 radical (unpaired) electrons. The Bertz CT molecular complexity index is 911. The largest absolute Gasteiger partial charge is 0.464 e. The molecule has 8 heteroatoms. The molecule has 0 atom stereocenters. The number of aromatic nitrogens is 2. The van der Waals surface area contributed by atoms with Crippen LogP contribution in [0.5, 0.6) is 5.19 Å². The van der Waals surface area contributed by atoms with Gasteiger partial charge in [0.2, 0.25) is 0 Å². The van der Waals surface area contributed by atoms with Crippen molar-refractivity contribution in [2.45, 2.75) is 71.3 Å². The Hall–Kier alpha value is -1.93. The van der Waals surface area contributed by atoms with Gasteiger partial charge in [-0.05, 0) is 62.6 Å². The molecule has 0 N–H and O–H groups in total. The summed E-state index contributed by atoms with van der Waals surface area (Å²) in [5.41, 5.74) is 2.98. The number of hydrogen-bond acceptors (Lipinski definition) is 6. The fraction of sp³-hybridized carbons (Fsp3) is 0.640. The highest BCUT2D eigenvalue weighted by Gasteiger charge is 2.26. The number of fused-ring (bicyclic) bond motifs is 1. The van der Waals surface area contributed by atoms with Crippen molar-refractivity contribution in [3.63, 3.8) is 0 Å².